The molecule has 0 heterocycles. The smallest absolute Gasteiger partial charge is 0.331 e. The molecule has 0 spiro atoms. The van der Waals surface area contributed by atoms with Gasteiger partial charge in [0.15, 0.2) is 11.3 Å². The van der Waals surface area contributed by atoms with E-state index in [9.17, 15) is 9.59 Å². The highest BCUT2D eigenvalue weighted by Crippen LogP contribution is 2.09. The number of rotatable bonds is 4. The molecule has 1 unspecified atom stereocenters. The maximum atomic E-state index is 11.2. The van der Waals surface area contributed by atoms with Gasteiger partial charge in [-0.05, 0) is 12.8 Å². The Labute approximate surface area is 71.8 Å². The Morgan fingerprint density at radius 2 is 1.92 bits per heavy atom. The van der Waals surface area contributed by atoms with E-state index >= 15 is 0 Å². The summed E-state index contributed by atoms with van der Waals surface area (Å²) in [5.74, 6) is -1.56. The van der Waals surface area contributed by atoms with Crippen LogP contribution in [0.4, 0.5) is 0 Å². The maximum absolute atomic E-state index is 11.2. The second-order valence-corrected chi connectivity index (χ2v) is 3.53. The number of ketones is 1. The number of carboxylic acids is 1. The molecule has 0 aromatic carbocycles. The van der Waals surface area contributed by atoms with Crippen LogP contribution in [0, 0.1) is 5.92 Å². The van der Waals surface area contributed by atoms with Crippen LogP contribution >= 0.6 is 0 Å². The first-order valence-electron chi connectivity index (χ1n) is 3.84. The molecule has 0 saturated heterocycles. The van der Waals surface area contributed by atoms with Crippen molar-refractivity contribution >= 4 is 11.8 Å². The summed E-state index contributed by atoms with van der Waals surface area (Å²) in [6.45, 7) is 4.91. The average Bonchev–Trinajstić information content (AvgIpc) is 1.85. The van der Waals surface area contributed by atoms with Gasteiger partial charge in [0.25, 0.3) is 0 Å². The molecule has 70 valence electrons. The molecular formula is C8H15NO3. The van der Waals surface area contributed by atoms with Gasteiger partial charge < -0.3 is 10.8 Å². The third-order valence-corrected chi connectivity index (χ3v) is 1.62. The summed E-state index contributed by atoms with van der Waals surface area (Å²) in [6, 6.07) is 0. The van der Waals surface area contributed by atoms with Crippen LogP contribution in [0.3, 0.4) is 0 Å². The summed E-state index contributed by atoms with van der Waals surface area (Å²) >= 11 is 0. The zero-order chi connectivity index (χ0) is 9.94. The first-order chi connectivity index (χ1) is 5.28. The van der Waals surface area contributed by atoms with Crippen LogP contribution in [0.5, 0.6) is 0 Å². The van der Waals surface area contributed by atoms with Gasteiger partial charge in [0.1, 0.15) is 0 Å². The van der Waals surface area contributed by atoms with Crippen molar-refractivity contribution in [2.75, 3.05) is 0 Å². The van der Waals surface area contributed by atoms with E-state index in [0.29, 0.717) is 0 Å². The number of hydrogen-bond acceptors (Lipinski definition) is 3. The number of nitrogens with two attached hydrogens (primary N) is 1. The second-order valence-electron chi connectivity index (χ2n) is 3.53. The summed E-state index contributed by atoms with van der Waals surface area (Å²) in [4.78, 5) is 21.7. The lowest BCUT2D eigenvalue weighted by Gasteiger charge is -2.18. The van der Waals surface area contributed by atoms with E-state index in [1.165, 1.54) is 6.92 Å². The molecule has 0 fully saturated rings. The van der Waals surface area contributed by atoms with Crippen molar-refractivity contribution in [2.45, 2.75) is 32.7 Å². The normalized spacial score (nSPS) is 15.8. The molecule has 0 aliphatic heterocycles. The first-order valence-corrected chi connectivity index (χ1v) is 3.84. The minimum atomic E-state index is -1.73. The van der Waals surface area contributed by atoms with E-state index in [0.717, 1.165) is 0 Å². The first kappa shape index (κ1) is 11.1. The molecule has 0 aliphatic carbocycles. The molecule has 12 heavy (non-hydrogen) atoms. The highest BCUT2D eigenvalue weighted by Gasteiger charge is 2.36. The van der Waals surface area contributed by atoms with E-state index < -0.39 is 17.3 Å². The number of carbonyl (C=O) groups is 2. The fourth-order valence-corrected chi connectivity index (χ4v) is 0.702. The van der Waals surface area contributed by atoms with Crippen molar-refractivity contribution in [3.8, 4) is 0 Å². The zero-order valence-electron chi connectivity index (χ0n) is 7.63. The van der Waals surface area contributed by atoms with Crippen molar-refractivity contribution in [1.29, 1.82) is 0 Å². The van der Waals surface area contributed by atoms with Crippen molar-refractivity contribution in [3.05, 3.63) is 0 Å². The number of aliphatic carboxylic acids is 1. The molecular weight excluding hydrogens is 158 g/mol. The second kappa shape index (κ2) is 3.67. The van der Waals surface area contributed by atoms with Gasteiger partial charge in [0, 0.05) is 6.42 Å². The number of carbonyl (C=O) groups excluding carboxylic acids is 1. The third-order valence-electron chi connectivity index (χ3n) is 1.62. The van der Waals surface area contributed by atoms with Crippen LogP contribution in [0.15, 0.2) is 0 Å². The highest BCUT2D eigenvalue weighted by molar-refractivity contribution is 6.07. The lowest BCUT2D eigenvalue weighted by Crippen LogP contribution is -2.52. The molecule has 0 amide bonds. The van der Waals surface area contributed by atoms with E-state index in [2.05, 4.69) is 0 Å². The minimum Gasteiger partial charge on any atom is -0.480 e. The standard InChI is InChI=1S/C8H15NO3/c1-5(2)4-6(10)8(3,9)7(11)12/h5H,4,9H2,1-3H3,(H,11,12). The highest BCUT2D eigenvalue weighted by atomic mass is 16.4. The van der Waals surface area contributed by atoms with E-state index in [4.69, 9.17) is 10.8 Å². The predicted molar refractivity (Wildman–Crippen MR) is 44.7 cm³/mol. The Morgan fingerprint density at radius 3 is 2.17 bits per heavy atom. The minimum absolute atomic E-state index is 0.139. The SMILES string of the molecule is CC(C)CC(=O)C(C)(N)C(=O)O. The molecule has 0 radical (unpaired) electrons. The summed E-state index contributed by atoms with van der Waals surface area (Å²) < 4.78 is 0. The number of hydrogen-bond donors (Lipinski definition) is 2. The summed E-state index contributed by atoms with van der Waals surface area (Å²) in [6.07, 6.45) is 0.208. The topological polar surface area (TPSA) is 80.4 Å². The summed E-state index contributed by atoms with van der Waals surface area (Å²) in [5, 5.41) is 8.58. The third kappa shape index (κ3) is 2.62. The Balaban J connectivity index is 4.36. The number of carboxylic acid groups (broad SMARTS) is 1. The van der Waals surface area contributed by atoms with Crippen LogP contribution in [-0.2, 0) is 9.59 Å². The summed E-state index contributed by atoms with van der Waals surface area (Å²) in [5.41, 5.74) is 3.57. The van der Waals surface area contributed by atoms with Crippen molar-refractivity contribution < 1.29 is 14.7 Å². The lowest BCUT2D eigenvalue weighted by molar-refractivity contribution is -0.147. The fourth-order valence-electron chi connectivity index (χ4n) is 0.702. The van der Waals surface area contributed by atoms with Gasteiger partial charge in [0.2, 0.25) is 0 Å². The molecule has 0 aliphatic rings. The molecule has 0 rings (SSSR count). The molecule has 0 saturated carbocycles. The van der Waals surface area contributed by atoms with Crippen LogP contribution in [0.25, 0.3) is 0 Å². The molecule has 3 N–H and O–H groups in total. The van der Waals surface area contributed by atoms with Crippen LogP contribution in [-0.4, -0.2) is 22.4 Å². The van der Waals surface area contributed by atoms with Crippen molar-refractivity contribution in [2.24, 2.45) is 11.7 Å². The van der Waals surface area contributed by atoms with Gasteiger partial charge in [-0.2, -0.15) is 0 Å². The monoisotopic (exact) mass is 173 g/mol. The molecule has 0 aromatic heterocycles. The van der Waals surface area contributed by atoms with E-state index in [-0.39, 0.29) is 12.3 Å². The van der Waals surface area contributed by atoms with Gasteiger partial charge in [-0.15, -0.1) is 0 Å². The Bertz CT molecular complexity index is 196. The van der Waals surface area contributed by atoms with Crippen molar-refractivity contribution in [1.82, 2.24) is 0 Å². The van der Waals surface area contributed by atoms with E-state index in [1.807, 2.05) is 13.8 Å². The Hall–Kier alpha value is -0.900. The van der Waals surface area contributed by atoms with Crippen molar-refractivity contribution in [3.63, 3.8) is 0 Å². The quantitative estimate of drug-likeness (QED) is 0.603. The summed E-state index contributed by atoms with van der Waals surface area (Å²) in [7, 11) is 0. The lowest BCUT2D eigenvalue weighted by atomic mass is 9.92. The molecule has 1 atom stereocenters. The van der Waals surface area contributed by atoms with Gasteiger partial charge in [-0.3, -0.25) is 4.79 Å². The zero-order valence-corrected chi connectivity index (χ0v) is 7.63. The van der Waals surface area contributed by atoms with E-state index in [1.54, 1.807) is 0 Å². The number of Topliss-reactive ketones (excluding diaryl/α,β-unsaturated/α-hetero) is 1. The van der Waals surface area contributed by atoms with Gasteiger partial charge in [-0.25, -0.2) is 4.79 Å². The van der Waals surface area contributed by atoms with Crippen LogP contribution in [0.2, 0.25) is 0 Å². The van der Waals surface area contributed by atoms with Crippen LogP contribution in [0.1, 0.15) is 27.2 Å². The largest absolute Gasteiger partial charge is 0.480 e. The molecule has 4 nitrogen and oxygen atoms in total. The average molecular weight is 173 g/mol. The van der Waals surface area contributed by atoms with Gasteiger partial charge in [0.05, 0.1) is 0 Å². The molecule has 4 heteroatoms. The maximum Gasteiger partial charge on any atom is 0.331 e. The van der Waals surface area contributed by atoms with Gasteiger partial charge in [-0.1, -0.05) is 13.8 Å². The fraction of sp³-hybridized carbons (Fsp3) is 0.750. The molecule has 0 bridgehead atoms. The molecule has 0 aromatic rings. The van der Waals surface area contributed by atoms with Gasteiger partial charge >= 0.3 is 5.97 Å². The predicted octanol–water partition coefficient (Wildman–Crippen LogP) is 0.404. The Kier molecular flexibility index (Phi) is 3.39. The Morgan fingerprint density at radius 1 is 1.50 bits per heavy atom. The van der Waals surface area contributed by atoms with Crippen LogP contribution < -0.4 is 5.73 Å².